The third kappa shape index (κ3) is 4.53. The number of ether oxygens (including phenoxy) is 1. The van der Waals surface area contributed by atoms with Crippen LogP contribution in [-0.2, 0) is 13.0 Å². The molecule has 4 rings (SSSR count). The monoisotopic (exact) mass is 415 g/mol. The predicted molar refractivity (Wildman–Crippen MR) is 122 cm³/mol. The lowest BCUT2D eigenvalue weighted by atomic mass is 10.1. The summed E-state index contributed by atoms with van der Waals surface area (Å²) in [5.74, 6) is 0.599. The molecule has 0 spiro atoms. The average molecular weight is 415 g/mol. The molecule has 0 aromatic heterocycles. The van der Waals surface area contributed by atoms with Crippen LogP contribution in [0.4, 0.5) is 16.2 Å². The van der Waals surface area contributed by atoms with E-state index >= 15 is 0 Å². The number of anilines is 2. The third-order valence-corrected chi connectivity index (χ3v) is 5.37. The predicted octanol–water partition coefficient (Wildman–Crippen LogP) is 4.53. The average Bonchev–Trinajstić information content (AvgIpc) is 3.21. The lowest BCUT2D eigenvalue weighted by Gasteiger charge is -2.18. The van der Waals surface area contributed by atoms with Gasteiger partial charge < -0.3 is 20.3 Å². The van der Waals surface area contributed by atoms with E-state index in [1.807, 2.05) is 78.6 Å². The van der Waals surface area contributed by atoms with Crippen LogP contribution in [0.3, 0.4) is 0 Å². The van der Waals surface area contributed by atoms with Crippen molar-refractivity contribution < 1.29 is 14.3 Å². The van der Waals surface area contributed by atoms with Crippen LogP contribution in [0, 0.1) is 6.92 Å². The topological polar surface area (TPSA) is 70.7 Å². The van der Waals surface area contributed by atoms with Gasteiger partial charge in [0.05, 0.1) is 12.8 Å². The van der Waals surface area contributed by atoms with Crippen LogP contribution in [0.15, 0.2) is 66.7 Å². The van der Waals surface area contributed by atoms with E-state index in [2.05, 4.69) is 10.6 Å². The maximum Gasteiger partial charge on any atom is 0.319 e. The van der Waals surface area contributed by atoms with Gasteiger partial charge in [0.25, 0.3) is 5.91 Å². The number of carbonyl (C=O) groups excluding carboxylic acids is 2. The van der Waals surface area contributed by atoms with E-state index in [-0.39, 0.29) is 11.9 Å². The molecule has 6 heteroatoms. The first-order chi connectivity index (χ1) is 15.0. The summed E-state index contributed by atoms with van der Waals surface area (Å²) in [4.78, 5) is 27.1. The Morgan fingerprint density at radius 2 is 1.84 bits per heavy atom. The van der Waals surface area contributed by atoms with Gasteiger partial charge >= 0.3 is 6.03 Å². The minimum atomic E-state index is -0.318. The molecule has 3 amide bonds. The number of methoxy groups -OCH3 is 1. The highest BCUT2D eigenvalue weighted by Crippen LogP contribution is 2.30. The molecule has 2 N–H and O–H groups in total. The molecule has 0 aliphatic carbocycles. The molecule has 0 radical (unpaired) electrons. The van der Waals surface area contributed by atoms with Crippen molar-refractivity contribution in [3.8, 4) is 5.75 Å². The van der Waals surface area contributed by atoms with Gasteiger partial charge in [-0.15, -0.1) is 0 Å². The fraction of sp³-hybridized carbons (Fsp3) is 0.200. The first-order valence-corrected chi connectivity index (χ1v) is 10.2. The molecule has 0 bridgehead atoms. The van der Waals surface area contributed by atoms with E-state index in [4.69, 9.17) is 4.74 Å². The van der Waals surface area contributed by atoms with E-state index in [1.165, 1.54) is 0 Å². The van der Waals surface area contributed by atoms with Gasteiger partial charge in [0, 0.05) is 24.3 Å². The molecule has 3 aromatic carbocycles. The minimum Gasteiger partial charge on any atom is -0.495 e. The first-order valence-electron chi connectivity index (χ1n) is 10.2. The summed E-state index contributed by atoms with van der Waals surface area (Å²) in [6, 6.07) is 20.6. The highest BCUT2D eigenvalue weighted by Gasteiger charge is 2.25. The number of urea groups is 1. The summed E-state index contributed by atoms with van der Waals surface area (Å²) in [6.45, 7) is 2.96. The maximum absolute atomic E-state index is 12.9. The van der Waals surface area contributed by atoms with Crippen LogP contribution in [0.25, 0.3) is 0 Å². The molecule has 3 aromatic rings. The van der Waals surface area contributed by atoms with Crippen molar-refractivity contribution in [1.29, 1.82) is 0 Å². The van der Waals surface area contributed by atoms with Gasteiger partial charge in [-0.25, -0.2) is 4.79 Å². The van der Waals surface area contributed by atoms with Crippen LogP contribution >= 0.6 is 0 Å². The van der Waals surface area contributed by atoms with Crippen molar-refractivity contribution in [2.45, 2.75) is 19.9 Å². The number of fused-ring (bicyclic) bond motifs is 1. The van der Waals surface area contributed by atoms with Gasteiger partial charge in [-0.2, -0.15) is 0 Å². The fourth-order valence-corrected chi connectivity index (χ4v) is 3.75. The molecular weight excluding hydrogens is 390 g/mol. The number of hydrogen-bond acceptors (Lipinski definition) is 3. The number of nitrogens with zero attached hydrogens (tertiary/aromatic N) is 1. The van der Waals surface area contributed by atoms with E-state index in [9.17, 15) is 9.59 Å². The summed E-state index contributed by atoms with van der Waals surface area (Å²) in [6.07, 6.45) is 0.829. The molecule has 1 heterocycles. The number of carbonyl (C=O) groups is 2. The number of rotatable bonds is 5. The van der Waals surface area contributed by atoms with Gasteiger partial charge in [0.2, 0.25) is 0 Å². The molecule has 0 atom stereocenters. The van der Waals surface area contributed by atoms with E-state index < -0.39 is 0 Å². The van der Waals surface area contributed by atoms with Crippen molar-refractivity contribution in [3.63, 3.8) is 0 Å². The number of benzene rings is 3. The second kappa shape index (κ2) is 8.92. The molecule has 0 saturated heterocycles. The molecular formula is C25H25N3O3. The smallest absolute Gasteiger partial charge is 0.319 e. The Balaban J connectivity index is 1.43. The van der Waals surface area contributed by atoms with Gasteiger partial charge in [-0.05, 0) is 60.4 Å². The summed E-state index contributed by atoms with van der Waals surface area (Å²) in [7, 11) is 1.57. The first kappa shape index (κ1) is 20.5. The van der Waals surface area contributed by atoms with Crippen molar-refractivity contribution in [3.05, 3.63) is 89.0 Å². The summed E-state index contributed by atoms with van der Waals surface area (Å²) in [5.41, 5.74) is 5.30. The Labute approximate surface area is 181 Å². The number of amides is 3. The highest BCUT2D eigenvalue weighted by molar-refractivity contribution is 6.07. The second-order valence-corrected chi connectivity index (χ2v) is 7.55. The zero-order chi connectivity index (χ0) is 21.8. The van der Waals surface area contributed by atoms with Crippen LogP contribution in [0.5, 0.6) is 5.75 Å². The van der Waals surface area contributed by atoms with Gasteiger partial charge in [-0.1, -0.05) is 36.4 Å². The molecule has 1 aliphatic rings. The van der Waals surface area contributed by atoms with Crippen molar-refractivity contribution in [2.75, 3.05) is 23.9 Å². The molecule has 31 heavy (non-hydrogen) atoms. The standard InChI is InChI=1S/C25H25N3O3/c1-17-8-11-23(31-2)21(14-17)27-25(30)26-16-18-9-10-19-12-13-28(22(19)15-18)24(29)20-6-4-3-5-7-20/h3-11,14-15H,12-13,16H2,1-2H3,(H2,26,27,30). The quantitative estimate of drug-likeness (QED) is 0.643. The van der Waals surface area contributed by atoms with E-state index in [1.54, 1.807) is 7.11 Å². The van der Waals surface area contributed by atoms with Crippen LogP contribution in [0.1, 0.15) is 27.0 Å². The molecule has 158 valence electrons. The van der Waals surface area contributed by atoms with Crippen LogP contribution in [0.2, 0.25) is 0 Å². The molecule has 1 aliphatic heterocycles. The van der Waals surface area contributed by atoms with Gasteiger partial charge in [0.15, 0.2) is 0 Å². The zero-order valence-electron chi connectivity index (χ0n) is 17.6. The summed E-state index contributed by atoms with van der Waals surface area (Å²) in [5, 5.41) is 5.71. The lowest BCUT2D eigenvalue weighted by molar-refractivity contribution is 0.0989. The Morgan fingerprint density at radius 1 is 1.03 bits per heavy atom. The van der Waals surface area contributed by atoms with Gasteiger partial charge in [0.1, 0.15) is 5.75 Å². The zero-order valence-corrected chi connectivity index (χ0v) is 17.6. The fourth-order valence-electron chi connectivity index (χ4n) is 3.75. The second-order valence-electron chi connectivity index (χ2n) is 7.55. The summed E-state index contributed by atoms with van der Waals surface area (Å²) < 4.78 is 5.31. The Kier molecular flexibility index (Phi) is 5.89. The molecule has 0 saturated carbocycles. The largest absolute Gasteiger partial charge is 0.495 e. The normalized spacial score (nSPS) is 12.3. The minimum absolute atomic E-state index is 0.00579. The molecule has 0 unspecified atom stereocenters. The number of hydrogen-bond donors (Lipinski definition) is 2. The van der Waals surface area contributed by atoms with E-state index in [0.29, 0.717) is 30.1 Å². The van der Waals surface area contributed by atoms with Gasteiger partial charge in [-0.3, -0.25) is 4.79 Å². The highest BCUT2D eigenvalue weighted by atomic mass is 16.5. The van der Waals surface area contributed by atoms with E-state index in [0.717, 1.165) is 28.8 Å². The molecule has 6 nitrogen and oxygen atoms in total. The SMILES string of the molecule is COc1ccc(C)cc1NC(=O)NCc1ccc2c(c1)N(C(=O)c1ccccc1)CC2. The Bertz CT molecular complexity index is 1110. The van der Waals surface area contributed by atoms with Crippen LogP contribution in [-0.4, -0.2) is 25.6 Å². The van der Waals surface area contributed by atoms with Crippen molar-refractivity contribution in [1.82, 2.24) is 5.32 Å². The number of nitrogens with one attached hydrogen (secondary N) is 2. The maximum atomic E-state index is 12.9. The molecule has 0 fully saturated rings. The summed E-state index contributed by atoms with van der Waals surface area (Å²) >= 11 is 0. The lowest BCUT2D eigenvalue weighted by Crippen LogP contribution is -2.29. The van der Waals surface area contributed by atoms with Crippen LogP contribution < -0.4 is 20.3 Å². The third-order valence-electron chi connectivity index (χ3n) is 5.37. The van der Waals surface area contributed by atoms with Crippen molar-refractivity contribution >= 4 is 23.3 Å². The number of aryl methyl sites for hydroxylation is 1. The van der Waals surface area contributed by atoms with Crippen molar-refractivity contribution in [2.24, 2.45) is 0 Å². The Morgan fingerprint density at radius 3 is 2.61 bits per heavy atom. The Hall–Kier alpha value is -3.80.